The van der Waals surface area contributed by atoms with Crippen molar-refractivity contribution in [2.24, 2.45) is 0 Å². The highest BCUT2D eigenvalue weighted by Gasteiger charge is 2.08. The average Bonchev–Trinajstić information content (AvgIpc) is 2.62. The largest absolute Gasteiger partial charge is 0.324 e. The molecule has 0 bridgehead atoms. The Hall–Kier alpha value is -0.870. The molecule has 1 aromatic rings. The van der Waals surface area contributed by atoms with Crippen LogP contribution in [0.3, 0.4) is 0 Å². The summed E-state index contributed by atoms with van der Waals surface area (Å²) in [7, 11) is 0. The number of nitro groups is 1. The summed E-state index contributed by atoms with van der Waals surface area (Å²) in [5.41, 5.74) is 1.94. The van der Waals surface area contributed by atoms with Gasteiger partial charge in [0.25, 0.3) is 0 Å². The van der Waals surface area contributed by atoms with Crippen molar-refractivity contribution in [3.8, 4) is 0 Å². The lowest BCUT2D eigenvalue weighted by Gasteiger charge is -1.95. The molecule has 1 aromatic heterocycles. The first-order valence-corrected chi connectivity index (χ1v) is 5.57. The van der Waals surface area contributed by atoms with E-state index in [9.17, 15) is 10.1 Å². The summed E-state index contributed by atoms with van der Waals surface area (Å²) in [6.45, 7) is 2.01. The van der Waals surface area contributed by atoms with Crippen molar-refractivity contribution in [1.29, 1.82) is 0 Å². The number of hydrogen-bond acceptors (Lipinski definition) is 3. The van der Waals surface area contributed by atoms with Gasteiger partial charge in [-0.1, -0.05) is 29.9 Å². The Balaban J connectivity index is 2.87. The van der Waals surface area contributed by atoms with E-state index in [0.29, 0.717) is 5.88 Å². The predicted molar refractivity (Wildman–Crippen MR) is 60.0 cm³/mol. The van der Waals surface area contributed by atoms with Gasteiger partial charge in [-0.2, -0.15) is 0 Å². The molecule has 0 aliphatic heterocycles. The highest BCUT2D eigenvalue weighted by molar-refractivity contribution is 7.13. The predicted octanol–water partition coefficient (Wildman–Crippen LogP) is 3.69. The van der Waals surface area contributed by atoms with Gasteiger partial charge in [-0.15, -0.1) is 11.6 Å². The Morgan fingerprint density at radius 3 is 2.93 bits per heavy atom. The third-order valence-corrected chi connectivity index (χ3v) is 3.02. The number of hydrogen-bond donors (Lipinski definition) is 0. The molecule has 0 saturated heterocycles. The van der Waals surface area contributed by atoms with Gasteiger partial charge < -0.3 is 0 Å². The van der Waals surface area contributed by atoms with E-state index in [1.807, 2.05) is 13.0 Å². The molecule has 1 rings (SSSR count). The lowest BCUT2D eigenvalue weighted by Crippen LogP contribution is -1.82. The van der Waals surface area contributed by atoms with Gasteiger partial charge in [-0.25, -0.2) is 0 Å². The van der Waals surface area contributed by atoms with Crippen molar-refractivity contribution in [2.45, 2.75) is 13.3 Å². The normalized spacial score (nSPS) is 11.7. The summed E-state index contributed by atoms with van der Waals surface area (Å²) in [6.07, 6.45) is 2.77. The molecule has 0 spiro atoms. The number of rotatable bonds is 4. The smallest absolute Gasteiger partial charge is 0.258 e. The van der Waals surface area contributed by atoms with Gasteiger partial charge in [-0.05, 0) is 12.0 Å². The molecular weight excluding hydrogens is 222 g/mol. The van der Waals surface area contributed by atoms with Crippen LogP contribution in [-0.2, 0) is 0 Å². The van der Waals surface area contributed by atoms with Crippen molar-refractivity contribution in [1.82, 2.24) is 0 Å². The highest BCUT2D eigenvalue weighted by atomic mass is 35.5. The summed E-state index contributed by atoms with van der Waals surface area (Å²) in [5.74, 6) is 0.472. The zero-order valence-corrected chi connectivity index (χ0v) is 9.27. The summed E-state index contributed by atoms with van der Waals surface area (Å²) in [4.78, 5) is 10.0. The molecule has 3 nitrogen and oxygen atoms in total. The quantitative estimate of drug-likeness (QED) is 0.451. The second kappa shape index (κ2) is 5.12. The minimum Gasteiger partial charge on any atom is -0.258 e. The Morgan fingerprint density at radius 2 is 2.50 bits per heavy atom. The minimum absolute atomic E-state index is 0.168. The topological polar surface area (TPSA) is 43.1 Å². The van der Waals surface area contributed by atoms with Crippen molar-refractivity contribution in [2.75, 3.05) is 5.88 Å². The first kappa shape index (κ1) is 11.2. The molecule has 0 aromatic carbocycles. The summed E-state index contributed by atoms with van der Waals surface area (Å²) in [5, 5.41) is 12.3. The van der Waals surface area contributed by atoms with Gasteiger partial charge in [0.1, 0.15) is 0 Å². The Kier molecular flexibility index (Phi) is 4.10. The molecule has 0 N–H and O–H groups in total. The lowest BCUT2D eigenvalue weighted by molar-refractivity contribution is -0.380. The standard InChI is InChI=1S/C9H10ClNO2S/c1-2-7(5-10)3-8-4-9(11(12)13)14-6-8/h3-4,6H,2,5H2,1H3. The average molecular weight is 232 g/mol. The maximum atomic E-state index is 10.4. The van der Waals surface area contributed by atoms with E-state index in [-0.39, 0.29) is 9.92 Å². The van der Waals surface area contributed by atoms with Crippen LogP contribution in [0.15, 0.2) is 17.0 Å². The SMILES string of the molecule is CCC(=Cc1csc([N+](=O)[O-])c1)CCl. The van der Waals surface area contributed by atoms with Crippen LogP contribution in [0.25, 0.3) is 6.08 Å². The van der Waals surface area contributed by atoms with E-state index >= 15 is 0 Å². The first-order valence-electron chi connectivity index (χ1n) is 4.15. The van der Waals surface area contributed by atoms with Gasteiger partial charge >= 0.3 is 5.00 Å². The maximum Gasteiger partial charge on any atom is 0.324 e. The summed E-state index contributed by atoms with van der Waals surface area (Å²) >= 11 is 6.82. The third-order valence-electron chi connectivity index (χ3n) is 1.78. The second-order valence-electron chi connectivity index (χ2n) is 2.77. The van der Waals surface area contributed by atoms with Crippen LogP contribution in [0.2, 0.25) is 0 Å². The minimum atomic E-state index is -0.381. The van der Waals surface area contributed by atoms with E-state index in [2.05, 4.69) is 0 Å². The Morgan fingerprint density at radius 1 is 1.79 bits per heavy atom. The molecule has 0 aliphatic rings. The zero-order chi connectivity index (χ0) is 10.6. The fraction of sp³-hybridized carbons (Fsp3) is 0.333. The number of nitrogens with zero attached hydrogens (tertiary/aromatic N) is 1. The van der Waals surface area contributed by atoms with E-state index in [4.69, 9.17) is 11.6 Å². The van der Waals surface area contributed by atoms with Gasteiger partial charge in [-0.3, -0.25) is 10.1 Å². The Bertz CT molecular complexity index is 353. The molecule has 5 heteroatoms. The highest BCUT2D eigenvalue weighted by Crippen LogP contribution is 2.24. The van der Waals surface area contributed by atoms with Crippen molar-refractivity contribution >= 4 is 34.0 Å². The molecule has 0 fully saturated rings. The van der Waals surface area contributed by atoms with E-state index in [1.54, 1.807) is 11.4 Å². The third kappa shape index (κ3) is 2.82. The van der Waals surface area contributed by atoms with Crippen LogP contribution in [0.1, 0.15) is 18.9 Å². The van der Waals surface area contributed by atoms with Gasteiger partial charge in [0, 0.05) is 17.3 Å². The van der Waals surface area contributed by atoms with E-state index in [1.165, 1.54) is 0 Å². The Labute approximate surface area is 91.2 Å². The molecule has 0 saturated carbocycles. The first-order chi connectivity index (χ1) is 6.67. The molecule has 0 radical (unpaired) electrons. The second-order valence-corrected chi connectivity index (χ2v) is 3.92. The molecular formula is C9H10ClNO2S. The molecule has 0 aliphatic carbocycles. The fourth-order valence-electron chi connectivity index (χ4n) is 0.981. The van der Waals surface area contributed by atoms with Crippen LogP contribution >= 0.6 is 22.9 Å². The van der Waals surface area contributed by atoms with Gasteiger partial charge in [0.15, 0.2) is 0 Å². The van der Waals surface area contributed by atoms with Crippen molar-refractivity contribution in [3.05, 3.63) is 32.7 Å². The zero-order valence-electron chi connectivity index (χ0n) is 7.70. The van der Waals surface area contributed by atoms with Crippen LogP contribution in [0.4, 0.5) is 5.00 Å². The summed E-state index contributed by atoms with van der Waals surface area (Å²) in [6, 6.07) is 1.56. The van der Waals surface area contributed by atoms with Crippen LogP contribution in [-0.4, -0.2) is 10.8 Å². The van der Waals surface area contributed by atoms with E-state index < -0.39 is 0 Å². The molecule has 0 amide bonds. The maximum absolute atomic E-state index is 10.4. The van der Waals surface area contributed by atoms with Crippen LogP contribution < -0.4 is 0 Å². The van der Waals surface area contributed by atoms with Gasteiger partial charge in [0.2, 0.25) is 0 Å². The van der Waals surface area contributed by atoms with Crippen LogP contribution in [0, 0.1) is 10.1 Å². The molecule has 1 heterocycles. The van der Waals surface area contributed by atoms with Gasteiger partial charge in [0.05, 0.1) is 4.92 Å². The van der Waals surface area contributed by atoms with Crippen molar-refractivity contribution < 1.29 is 4.92 Å². The monoisotopic (exact) mass is 231 g/mol. The molecule has 0 unspecified atom stereocenters. The fourth-order valence-corrected chi connectivity index (χ4v) is 1.93. The molecule has 0 atom stereocenters. The molecule has 76 valence electrons. The van der Waals surface area contributed by atoms with E-state index in [0.717, 1.165) is 28.9 Å². The number of thiophene rings is 1. The summed E-state index contributed by atoms with van der Waals surface area (Å²) < 4.78 is 0. The molecule has 14 heavy (non-hydrogen) atoms. The number of alkyl halides is 1. The van der Waals surface area contributed by atoms with Crippen LogP contribution in [0.5, 0.6) is 0 Å². The van der Waals surface area contributed by atoms with Crippen molar-refractivity contribution in [3.63, 3.8) is 0 Å². The number of allylic oxidation sites excluding steroid dienone is 1. The number of halogens is 1. The lowest BCUT2D eigenvalue weighted by atomic mass is 10.2.